The summed E-state index contributed by atoms with van der Waals surface area (Å²) >= 11 is 0. The molecule has 0 spiro atoms. The number of carbonyl (C=O) groups is 2. The number of nitrogens with one attached hydrogen (secondary N) is 1. The Morgan fingerprint density at radius 1 is 1.15 bits per heavy atom. The molecular formula is C25H30N4O5. The predicted octanol–water partition coefficient (Wildman–Crippen LogP) is 1.55. The molecule has 0 aliphatic carbocycles. The highest BCUT2D eigenvalue weighted by molar-refractivity contribution is 5.98. The Morgan fingerprint density at radius 2 is 1.91 bits per heavy atom. The average molecular weight is 467 g/mol. The van der Waals surface area contributed by atoms with E-state index in [-0.39, 0.29) is 29.2 Å². The SMILES string of the molecule is COc1ccc(C(=O)C2CCN([C@H]3CCN(Cc4nc5c(c(=O)[nH]4)COCC5)C3=O)CC2)cc1. The number of likely N-dealkylation sites (tertiary alicyclic amines) is 2. The van der Waals surface area contributed by atoms with Gasteiger partial charge in [-0.1, -0.05) is 0 Å². The lowest BCUT2D eigenvalue weighted by Gasteiger charge is -2.34. The van der Waals surface area contributed by atoms with Gasteiger partial charge in [0, 0.05) is 24.4 Å². The third kappa shape index (κ3) is 4.50. The van der Waals surface area contributed by atoms with Crippen molar-refractivity contribution in [3.05, 3.63) is 57.3 Å². The lowest BCUT2D eigenvalue weighted by molar-refractivity contribution is -0.133. The van der Waals surface area contributed by atoms with Crippen molar-refractivity contribution >= 4 is 11.7 Å². The number of ether oxygens (including phenoxy) is 2. The number of Topliss-reactive ketones (excluding diaryl/α,β-unsaturated/α-hetero) is 1. The van der Waals surface area contributed by atoms with E-state index >= 15 is 0 Å². The quantitative estimate of drug-likeness (QED) is 0.644. The van der Waals surface area contributed by atoms with E-state index in [2.05, 4.69) is 14.9 Å². The van der Waals surface area contributed by atoms with Gasteiger partial charge in [0.05, 0.1) is 44.2 Å². The molecule has 180 valence electrons. The standard InChI is InChI=1S/C25H30N4O5/c1-33-18-4-2-16(3-5-18)23(30)17-6-10-28(11-7-17)21-8-12-29(25(21)32)14-22-26-20-9-13-34-15-19(20)24(31)27-22/h2-5,17,21H,6-15H2,1H3,(H,26,27,31)/t21-/m0/s1. The second-order valence-electron chi connectivity index (χ2n) is 9.21. The van der Waals surface area contributed by atoms with E-state index in [4.69, 9.17) is 9.47 Å². The number of methoxy groups -OCH3 is 1. The van der Waals surface area contributed by atoms with E-state index in [1.165, 1.54) is 0 Å². The Bertz CT molecular complexity index is 1120. The van der Waals surface area contributed by atoms with Crippen LogP contribution in [0.2, 0.25) is 0 Å². The number of fused-ring (bicyclic) bond motifs is 1. The number of aromatic amines is 1. The fraction of sp³-hybridized carbons (Fsp3) is 0.520. The van der Waals surface area contributed by atoms with E-state index in [0.29, 0.717) is 49.7 Å². The molecule has 0 unspecified atom stereocenters. The van der Waals surface area contributed by atoms with Gasteiger partial charge in [0.1, 0.15) is 11.6 Å². The van der Waals surface area contributed by atoms with Gasteiger partial charge in [-0.05, 0) is 56.6 Å². The molecular weight excluding hydrogens is 436 g/mol. The van der Waals surface area contributed by atoms with Crippen molar-refractivity contribution in [1.29, 1.82) is 0 Å². The number of piperidine rings is 1. The topological polar surface area (TPSA) is 105 Å². The van der Waals surface area contributed by atoms with Crippen LogP contribution in [0.5, 0.6) is 5.75 Å². The fourth-order valence-corrected chi connectivity index (χ4v) is 5.23. The highest BCUT2D eigenvalue weighted by Crippen LogP contribution is 2.27. The average Bonchev–Trinajstić information content (AvgIpc) is 3.23. The van der Waals surface area contributed by atoms with Gasteiger partial charge in [-0.15, -0.1) is 0 Å². The minimum Gasteiger partial charge on any atom is -0.497 e. The number of hydrogen-bond acceptors (Lipinski definition) is 7. The zero-order chi connectivity index (χ0) is 23.7. The van der Waals surface area contributed by atoms with Crippen LogP contribution in [-0.2, 0) is 29.1 Å². The zero-order valence-corrected chi connectivity index (χ0v) is 19.4. The first-order valence-electron chi connectivity index (χ1n) is 11.9. The van der Waals surface area contributed by atoms with Crippen LogP contribution in [0, 0.1) is 5.92 Å². The van der Waals surface area contributed by atoms with Gasteiger partial charge in [0.2, 0.25) is 5.91 Å². The normalized spacial score (nSPS) is 21.5. The summed E-state index contributed by atoms with van der Waals surface area (Å²) in [5, 5.41) is 0. The van der Waals surface area contributed by atoms with Crippen LogP contribution < -0.4 is 10.3 Å². The third-order valence-corrected chi connectivity index (χ3v) is 7.21. The van der Waals surface area contributed by atoms with Crippen LogP contribution in [0.1, 0.15) is 46.7 Å². The van der Waals surface area contributed by atoms with Crippen molar-refractivity contribution in [1.82, 2.24) is 19.8 Å². The smallest absolute Gasteiger partial charge is 0.256 e. The van der Waals surface area contributed by atoms with Crippen molar-refractivity contribution in [2.75, 3.05) is 33.4 Å². The maximum absolute atomic E-state index is 13.1. The molecule has 2 fully saturated rings. The lowest BCUT2D eigenvalue weighted by atomic mass is 9.88. The van der Waals surface area contributed by atoms with E-state index < -0.39 is 0 Å². The molecule has 0 bridgehead atoms. The van der Waals surface area contributed by atoms with Gasteiger partial charge >= 0.3 is 0 Å². The molecule has 4 heterocycles. The Morgan fingerprint density at radius 3 is 2.65 bits per heavy atom. The summed E-state index contributed by atoms with van der Waals surface area (Å²) in [5.41, 5.74) is 1.90. The molecule has 3 aliphatic heterocycles. The molecule has 5 rings (SSSR count). The van der Waals surface area contributed by atoms with Crippen molar-refractivity contribution < 1.29 is 19.1 Å². The Hall–Kier alpha value is -3.04. The van der Waals surface area contributed by atoms with Gasteiger partial charge in [-0.25, -0.2) is 4.98 Å². The van der Waals surface area contributed by atoms with Crippen LogP contribution >= 0.6 is 0 Å². The maximum atomic E-state index is 13.1. The van der Waals surface area contributed by atoms with Crippen LogP contribution in [0.4, 0.5) is 0 Å². The van der Waals surface area contributed by atoms with Crippen LogP contribution in [-0.4, -0.2) is 70.9 Å². The number of nitrogens with zero attached hydrogens (tertiary/aromatic N) is 3. The molecule has 1 amide bonds. The minimum absolute atomic E-state index is 0.0222. The highest BCUT2D eigenvalue weighted by atomic mass is 16.5. The number of benzene rings is 1. The van der Waals surface area contributed by atoms with Gasteiger partial charge < -0.3 is 19.4 Å². The van der Waals surface area contributed by atoms with E-state index in [0.717, 1.165) is 43.8 Å². The van der Waals surface area contributed by atoms with E-state index in [1.807, 2.05) is 24.3 Å². The summed E-state index contributed by atoms with van der Waals surface area (Å²) < 4.78 is 10.5. The number of rotatable bonds is 6. The predicted molar refractivity (Wildman–Crippen MR) is 124 cm³/mol. The summed E-state index contributed by atoms with van der Waals surface area (Å²) in [6, 6.07) is 7.09. The monoisotopic (exact) mass is 466 g/mol. The van der Waals surface area contributed by atoms with Crippen molar-refractivity contribution in [3.8, 4) is 5.75 Å². The molecule has 3 aliphatic rings. The van der Waals surface area contributed by atoms with E-state index in [9.17, 15) is 14.4 Å². The van der Waals surface area contributed by atoms with Gasteiger partial charge in [-0.2, -0.15) is 0 Å². The molecule has 9 nitrogen and oxygen atoms in total. The van der Waals surface area contributed by atoms with Gasteiger partial charge in [0.25, 0.3) is 5.56 Å². The third-order valence-electron chi connectivity index (χ3n) is 7.21. The first-order chi connectivity index (χ1) is 16.5. The summed E-state index contributed by atoms with van der Waals surface area (Å²) in [7, 11) is 1.61. The number of hydrogen-bond donors (Lipinski definition) is 1. The second-order valence-corrected chi connectivity index (χ2v) is 9.21. The molecule has 0 saturated carbocycles. The summed E-state index contributed by atoms with van der Waals surface area (Å²) in [5.74, 6) is 1.48. The zero-order valence-electron chi connectivity index (χ0n) is 19.4. The molecule has 2 saturated heterocycles. The largest absolute Gasteiger partial charge is 0.497 e. The Balaban J connectivity index is 1.17. The molecule has 34 heavy (non-hydrogen) atoms. The first-order valence-corrected chi connectivity index (χ1v) is 11.9. The molecule has 2 aromatic rings. The lowest BCUT2D eigenvalue weighted by Crippen LogP contribution is -2.46. The summed E-state index contributed by atoms with van der Waals surface area (Å²) in [4.78, 5) is 49.8. The maximum Gasteiger partial charge on any atom is 0.256 e. The summed E-state index contributed by atoms with van der Waals surface area (Å²) in [6.07, 6.45) is 2.86. The number of amides is 1. The van der Waals surface area contributed by atoms with Crippen molar-refractivity contribution in [2.45, 2.75) is 44.9 Å². The number of H-pyrrole nitrogens is 1. The Labute approximate surface area is 198 Å². The van der Waals surface area contributed by atoms with Crippen molar-refractivity contribution in [3.63, 3.8) is 0 Å². The van der Waals surface area contributed by atoms with Crippen LogP contribution in [0.15, 0.2) is 29.1 Å². The number of ketones is 1. The molecule has 1 atom stereocenters. The fourth-order valence-electron chi connectivity index (χ4n) is 5.23. The van der Waals surface area contributed by atoms with E-state index in [1.54, 1.807) is 12.0 Å². The molecule has 1 N–H and O–H groups in total. The molecule has 0 radical (unpaired) electrons. The minimum atomic E-state index is -0.175. The number of carbonyl (C=O) groups excluding carboxylic acids is 2. The highest BCUT2D eigenvalue weighted by Gasteiger charge is 2.38. The molecule has 1 aromatic heterocycles. The molecule has 1 aromatic carbocycles. The first kappa shape index (κ1) is 22.7. The second kappa shape index (κ2) is 9.68. The Kier molecular flexibility index (Phi) is 6.47. The van der Waals surface area contributed by atoms with Gasteiger partial charge in [0.15, 0.2) is 5.78 Å². The van der Waals surface area contributed by atoms with Gasteiger partial charge in [-0.3, -0.25) is 19.3 Å². The summed E-state index contributed by atoms with van der Waals surface area (Å²) in [6.45, 7) is 3.25. The van der Waals surface area contributed by atoms with Crippen LogP contribution in [0.3, 0.4) is 0 Å². The van der Waals surface area contributed by atoms with Crippen molar-refractivity contribution in [2.24, 2.45) is 5.92 Å². The van der Waals surface area contributed by atoms with Crippen LogP contribution in [0.25, 0.3) is 0 Å². The molecule has 9 heteroatoms. The number of aromatic nitrogens is 2.